The fourth-order valence-electron chi connectivity index (χ4n) is 2.87. The van der Waals surface area contributed by atoms with Crippen LogP contribution in [0.25, 0.3) is 0 Å². The minimum Gasteiger partial charge on any atom is -0.393 e. The van der Waals surface area contributed by atoms with Crippen molar-refractivity contribution < 1.29 is 5.11 Å². The van der Waals surface area contributed by atoms with Crippen LogP contribution in [-0.2, 0) is 0 Å². The lowest BCUT2D eigenvalue weighted by atomic mass is 10.1. The Hall–Kier alpha value is -1.07. The first-order valence-electron chi connectivity index (χ1n) is 8.09. The van der Waals surface area contributed by atoms with Gasteiger partial charge in [0.15, 0.2) is 5.96 Å². The van der Waals surface area contributed by atoms with Gasteiger partial charge in [-0.3, -0.25) is 4.99 Å². The van der Waals surface area contributed by atoms with Crippen molar-refractivity contribution in [1.82, 2.24) is 10.6 Å². The molecule has 3 N–H and O–H groups in total. The summed E-state index contributed by atoms with van der Waals surface area (Å²) in [7, 11) is 0. The number of aliphatic hydroxyl groups excluding tert-OH is 1. The van der Waals surface area contributed by atoms with Crippen molar-refractivity contribution >= 4 is 21.9 Å². The van der Waals surface area contributed by atoms with Crippen molar-refractivity contribution in [3.8, 4) is 0 Å². The molecule has 4 nitrogen and oxygen atoms in total. The Bertz CT molecular complexity index is 506. The van der Waals surface area contributed by atoms with E-state index < -0.39 is 0 Å². The number of halogens is 1. The number of benzene rings is 1. The van der Waals surface area contributed by atoms with E-state index in [4.69, 9.17) is 0 Å². The van der Waals surface area contributed by atoms with E-state index in [9.17, 15) is 5.11 Å². The molecule has 1 aliphatic carbocycles. The molecule has 1 saturated carbocycles. The van der Waals surface area contributed by atoms with Crippen LogP contribution in [0.1, 0.15) is 44.7 Å². The standard InChI is InChI=1S/C17H26BrN3O/c1-3-19-17(20-11-13-7-6-10-16(13)22)21-12(2)14-8-4-5-9-15(14)18/h4-5,8-9,12-13,16,22H,3,6-7,10-11H2,1-2H3,(H2,19,20,21). The third kappa shape index (κ3) is 4.71. The van der Waals surface area contributed by atoms with E-state index in [0.717, 1.165) is 36.2 Å². The molecule has 1 aromatic rings. The van der Waals surface area contributed by atoms with Gasteiger partial charge in [-0.15, -0.1) is 0 Å². The lowest BCUT2D eigenvalue weighted by molar-refractivity contribution is 0.136. The molecule has 0 amide bonds. The van der Waals surface area contributed by atoms with Gasteiger partial charge in [0, 0.05) is 23.5 Å². The molecule has 122 valence electrons. The Morgan fingerprint density at radius 3 is 2.82 bits per heavy atom. The second kappa shape index (κ2) is 8.53. The number of guanidine groups is 1. The van der Waals surface area contributed by atoms with Gasteiger partial charge in [-0.05, 0) is 38.3 Å². The van der Waals surface area contributed by atoms with Gasteiger partial charge < -0.3 is 15.7 Å². The molecule has 3 atom stereocenters. The predicted molar refractivity (Wildman–Crippen MR) is 95.0 cm³/mol. The summed E-state index contributed by atoms with van der Waals surface area (Å²) in [5.41, 5.74) is 1.20. The van der Waals surface area contributed by atoms with Crippen molar-refractivity contribution in [2.45, 2.75) is 45.3 Å². The summed E-state index contributed by atoms with van der Waals surface area (Å²) < 4.78 is 1.09. The first-order valence-corrected chi connectivity index (χ1v) is 8.88. The minimum atomic E-state index is -0.188. The van der Waals surface area contributed by atoms with Crippen LogP contribution in [0.15, 0.2) is 33.7 Å². The molecule has 0 spiro atoms. The lowest BCUT2D eigenvalue weighted by Crippen LogP contribution is -2.39. The maximum Gasteiger partial charge on any atom is 0.191 e. The van der Waals surface area contributed by atoms with Gasteiger partial charge in [-0.2, -0.15) is 0 Å². The number of rotatable bonds is 5. The van der Waals surface area contributed by atoms with Gasteiger partial charge in [-0.25, -0.2) is 0 Å². The quantitative estimate of drug-likeness (QED) is 0.553. The zero-order valence-corrected chi connectivity index (χ0v) is 14.9. The van der Waals surface area contributed by atoms with Gasteiger partial charge >= 0.3 is 0 Å². The highest BCUT2D eigenvalue weighted by Gasteiger charge is 2.24. The molecule has 3 unspecified atom stereocenters. The number of hydrogen-bond donors (Lipinski definition) is 3. The average molecular weight is 368 g/mol. The van der Waals surface area contributed by atoms with Crippen molar-refractivity contribution in [3.05, 3.63) is 34.3 Å². The maximum absolute atomic E-state index is 9.91. The van der Waals surface area contributed by atoms with Crippen LogP contribution in [0.2, 0.25) is 0 Å². The third-order valence-corrected chi connectivity index (χ3v) is 4.89. The topological polar surface area (TPSA) is 56.7 Å². The molecular weight excluding hydrogens is 342 g/mol. The van der Waals surface area contributed by atoms with Crippen LogP contribution < -0.4 is 10.6 Å². The highest BCUT2D eigenvalue weighted by molar-refractivity contribution is 9.10. The van der Waals surface area contributed by atoms with Crippen LogP contribution in [0.5, 0.6) is 0 Å². The largest absolute Gasteiger partial charge is 0.393 e. The fraction of sp³-hybridized carbons (Fsp3) is 0.588. The second-order valence-corrected chi connectivity index (χ2v) is 6.72. The van der Waals surface area contributed by atoms with Crippen LogP contribution in [0, 0.1) is 5.92 Å². The minimum absolute atomic E-state index is 0.155. The smallest absolute Gasteiger partial charge is 0.191 e. The second-order valence-electron chi connectivity index (χ2n) is 5.87. The summed E-state index contributed by atoms with van der Waals surface area (Å²) in [5.74, 6) is 1.11. The zero-order chi connectivity index (χ0) is 15.9. The fourth-order valence-corrected chi connectivity index (χ4v) is 3.50. The molecule has 1 aliphatic rings. The first-order chi connectivity index (χ1) is 10.6. The zero-order valence-electron chi connectivity index (χ0n) is 13.3. The summed E-state index contributed by atoms with van der Waals surface area (Å²) >= 11 is 3.59. The Balaban J connectivity index is 2.00. The SMILES string of the molecule is CCNC(=NCC1CCCC1O)NC(C)c1ccccc1Br. The third-order valence-electron chi connectivity index (χ3n) is 4.17. The van der Waals surface area contributed by atoms with Crippen LogP contribution in [0.4, 0.5) is 0 Å². The number of nitrogens with one attached hydrogen (secondary N) is 2. The summed E-state index contributed by atoms with van der Waals surface area (Å²) in [6.45, 7) is 5.68. The molecule has 0 heterocycles. The Labute approximate surface area is 141 Å². The van der Waals surface area contributed by atoms with E-state index in [2.05, 4.69) is 51.5 Å². The number of aliphatic imine (C=N–C) groups is 1. The van der Waals surface area contributed by atoms with E-state index >= 15 is 0 Å². The highest BCUT2D eigenvalue weighted by Crippen LogP contribution is 2.26. The molecule has 0 saturated heterocycles. The molecule has 0 aromatic heterocycles. The summed E-state index contributed by atoms with van der Waals surface area (Å²) in [6, 6.07) is 8.36. The molecule has 5 heteroatoms. The van der Waals surface area contributed by atoms with Gasteiger partial charge in [-0.1, -0.05) is 40.5 Å². The van der Waals surface area contributed by atoms with Gasteiger partial charge in [0.2, 0.25) is 0 Å². The van der Waals surface area contributed by atoms with E-state index in [1.165, 1.54) is 5.56 Å². The normalized spacial score (nSPS) is 23.4. The van der Waals surface area contributed by atoms with Crippen LogP contribution >= 0.6 is 15.9 Å². The highest BCUT2D eigenvalue weighted by atomic mass is 79.9. The molecular formula is C17H26BrN3O. The molecule has 22 heavy (non-hydrogen) atoms. The Morgan fingerprint density at radius 1 is 1.41 bits per heavy atom. The Morgan fingerprint density at radius 2 is 2.18 bits per heavy atom. The van der Waals surface area contributed by atoms with Gasteiger partial charge in [0.05, 0.1) is 12.1 Å². The van der Waals surface area contributed by atoms with Crippen molar-refractivity contribution in [2.75, 3.05) is 13.1 Å². The molecule has 1 aromatic carbocycles. The summed E-state index contributed by atoms with van der Waals surface area (Å²) in [6.07, 6.45) is 2.91. The number of nitrogens with zero attached hydrogens (tertiary/aromatic N) is 1. The molecule has 0 radical (unpaired) electrons. The van der Waals surface area contributed by atoms with Crippen molar-refractivity contribution in [2.24, 2.45) is 10.9 Å². The average Bonchev–Trinajstić information content (AvgIpc) is 2.90. The van der Waals surface area contributed by atoms with Crippen LogP contribution in [-0.4, -0.2) is 30.3 Å². The van der Waals surface area contributed by atoms with Crippen molar-refractivity contribution in [3.63, 3.8) is 0 Å². The first kappa shape index (κ1) is 17.3. The monoisotopic (exact) mass is 367 g/mol. The summed E-state index contributed by atoms with van der Waals surface area (Å²) in [5, 5.41) is 16.6. The summed E-state index contributed by atoms with van der Waals surface area (Å²) in [4.78, 5) is 4.66. The van der Waals surface area contributed by atoms with E-state index in [0.29, 0.717) is 12.5 Å². The van der Waals surface area contributed by atoms with Crippen molar-refractivity contribution in [1.29, 1.82) is 0 Å². The maximum atomic E-state index is 9.91. The van der Waals surface area contributed by atoms with E-state index in [1.807, 2.05) is 18.2 Å². The number of aliphatic hydroxyl groups is 1. The van der Waals surface area contributed by atoms with E-state index in [1.54, 1.807) is 0 Å². The lowest BCUT2D eigenvalue weighted by Gasteiger charge is -2.20. The predicted octanol–water partition coefficient (Wildman–Crippen LogP) is 3.23. The van der Waals surface area contributed by atoms with Crippen LogP contribution in [0.3, 0.4) is 0 Å². The molecule has 0 aliphatic heterocycles. The molecule has 2 rings (SSSR count). The molecule has 0 bridgehead atoms. The van der Waals surface area contributed by atoms with E-state index in [-0.39, 0.29) is 12.1 Å². The van der Waals surface area contributed by atoms with Gasteiger partial charge in [0.1, 0.15) is 0 Å². The number of hydrogen-bond acceptors (Lipinski definition) is 2. The Kier molecular flexibility index (Phi) is 6.70. The van der Waals surface area contributed by atoms with Gasteiger partial charge in [0.25, 0.3) is 0 Å². The molecule has 1 fully saturated rings.